The molecule has 1 unspecified atom stereocenters. The number of aliphatic hydroxyl groups is 1. The molecule has 1 N–H and O–H groups in total. The Morgan fingerprint density at radius 2 is 2.04 bits per heavy atom. The van der Waals surface area contributed by atoms with Crippen molar-refractivity contribution in [1.29, 1.82) is 0 Å². The van der Waals surface area contributed by atoms with Crippen molar-refractivity contribution >= 4 is 6.08 Å². The smallest absolute Gasteiger partial charge is 0.231 e. The molecular formula is C19H25NO3. The quantitative estimate of drug-likeness (QED) is 0.910. The first-order valence-corrected chi connectivity index (χ1v) is 8.49. The summed E-state index contributed by atoms with van der Waals surface area (Å²) in [6.45, 7) is 4.32. The first-order valence-electron chi connectivity index (χ1n) is 8.49. The number of nitrogens with zero attached hydrogens (tertiary/aromatic N) is 1. The number of benzene rings is 1. The lowest BCUT2D eigenvalue weighted by atomic mass is 9.69. The van der Waals surface area contributed by atoms with E-state index >= 15 is 0 Å². The molecule has 2 aliphatic carbocycles. The second-order valence-electron chi connectivity index (χ2n) is 7.39. The molecule has 1 saturated carbocycles. The Bertz CT molecular complexity index is 645. The number of hydrogen-bond donors (Lipinski definition) is 1. The van der Waals surface area contributed by atoms with E-state index in [2.05, 4.69) is 31.6 Å². The molecule has 1 aromatic rings. The van der Waals surface area contributed by atoms with E-state index in [9.17, 15) is 5.11 Å². The van der Waals surface area contributed by atoms with Crippen LogP contribution in [0.5, 0.6) is 11.5 Å². The van der Waals surface area contributed by atoms with Crippen LogP contribution in [0.25, 0.3) is 6.08 Å². The van der Waals surface area contributed by atoms with Gasteiger partial charge in [0.2, 0.25) is 6.79 Å². The molecule has 1 heterocycles. The zero-order valence-corrected chi connectivity index (χ0v) is 14.0. The highest BCUT2D eigenvalue weighted by molar-refractivity contribution is 5.69. The Morgan fingerprint density at radius 3 is 2.70 bits per heavy atom. The fraction of sp³-hybridized carbons (Fsp3) is 0.579. The predicted molar refractivity (Wildman–Crippen MR) is 89.9 cm³/mol. The maximum atomic E-state index is 9.99. The molecule has 4 nitrogen and oxygen atoms in total. The Balaban J connectivity index is 1.93. The van der Waals surface area contributed by atoms with Crippen LogP contribution in [0.2, 0.25) is 0 Å². The van der Waals surface area contributed by atoms with Gasteiger partial charge in [0.05, 0.1) is 6.10 Å². The Labute approximate surface area is 137 Å². The third-order valence-corrected chi connectivity index (χ3v) is 5.94. The van der Waals surface area contributed by atoms with Crippen LogP contribution in [0.4, 0.5) is 0 Å². The van der Waals surface area contributed by atoms with Crippen molar-refractivity contribution in [1.82, 2.24) is 4.90 Å². The van der Waals surface area contributed by atoms with Gasteiger partial charge in [0, 0.05) is 17.0 Å². The van der Waals surface area contributed by atoms with E-state index in [0.29, 0.717) is 12.8 Å². The molecule has 0 saturated heterocycles. The van der Waals surface area contributed by atoms with Crippen molar-refractivity contribution in [2.24, 2.45) is 0 Å². The van der Waals surface area contributed by atoms with Crippen molar-refractivity contribution < 1.29 is 14.6 Å². The van der Waals surface area contributed by atoms with Crippen LogP contribution in [0.3, 0.4) is 0 Å². The summed E-state index contributed by atoms with van der Waals surface area (Å²) in [5.41, 5.74) is 3.94. The number of ether oxygens (including phenoxy) is 2. The Hall–Kier alpha value is -1.52. The lowest BCUT2D eigenvalue weighted by Gasteiger charge is -2.37. The fourth-order valence-corrected chi connectivity index (χ4v) is 4.76. The van der Waals surface area contributed by atoms with Gasteiger partial charge in [0.1, 0.15) is 0 Å². The zero-order chi connectivity index (χ0) is 16.2. The van der Waals surface area contributed by atoms with Gasteiger partial charge in [0.25, 0.3) is 0 Å². The van der Waals surface area contributed by atoms with Crippen LogP contribution in [-0.2, 0) is 5.41 Å². The van der Waals surface area contributed by atoms with Crippen LogP contribution in [-0.4, -0.2) is 37.0 Å². The summed E-state index contributed by atoms with van der Waals surface area (Å²) in [4.78, 5) is 2.30. The highest BCUT2D eigenvalue weighted by Gasteiger charge is 2.50. The highest BCUT2D eigenvalue weighted by atomic mass is 16.7. The molecule has 1 fully saturated rings. The minimum Gasteiger partial charge on any atom is -0.454 e. The first kappa shape index (κ1) is 15.0. The number of fused-ring (bicyclic) bond motifs is 4. The average molecular weight is 315 g/mol. The van der Waals surface area contributed by atoms with Gasteiger partial charge in [-0.3, -0.25) is 0 Å². The van der Waals surface area contributed by atoms with E-state index in [1.807, 2.05) is 6.08 Å². The molecule has 0 radical (unpaired) electrons. The van der Waals surface area contributed by atoms with Crippen molar-refractivity contribution in [3.8, 4) is 11.5 Å². The van der Waals surface area contributed by atoms with Gasteiger partial charge in [-0.1, -0.05) is 12.7 Å². The van der Waals surface area contributed by atoms with Crippen molar-refractivity contribution in [2.75, 3.05) is 20.9 Å². The summed E-state index contributed by atoms with van der Waals surface area (Å²) >= 11 is 0. The third-order valence-electron chi connectivity index (χ3n) is 5.94. The van der Waals surface area contributed by atoms with Gasteiger partial charge in [-0.25, -0.2) is 0 Å². The molecule has 4 rings (SSSR count). The van der Waals surface area contributed by atoms with Gasteiger partial charge >= 0.3 is 0 Å². The summed E-state index contributed by atoms with van der Waals surface area (Å²) in [6, 6.07) is 2.43. The molecule has 23 heavy (non-hydrogen) atoms. The molecule has 4 heteroatoms. The Morgan fingerprint density at radius 1 is 1.30 bits per heavy atom. The van der Waals surface area contributed by atoms with E-state index < -0.39 is 0 Å². The first-order chi connectivity index (χ1) is 11.1. The second kappa shape index (κ2) is 5.25. The maximum absolute atomic E-state index is 9.99. The summed E-state index contributed by atoms with van der Waals surface area (Å²) in [5.74, 6) is 1.79. The minimum absolute atomic E-state index is 0.0975. The summed E-state index contributed by atoms with van der Waals surface area (Å²) < 4.78 is 11.6. The minimum atomic E-state index is -0.157. The van der Waals surface area contributed by atoms with Gasteiger partial charge in [-0.2, -0.15) is 0 Å². The molecule has 0 bridgehead atoms. The van der Waals surface area contributed by atoms with Gasteiger partial charge in [-0.05, 0) is 63.4 Å². The van der Waals surface area contributed by atoms with E-state index in [1.54, 1.807) is 0 Å². The van der Waals surface area contributed by atoms with Gasteiger partial charge in [0.15, 0.2) is 11.5 Å². The van der Waals surface area contributed by atoms with Crippen LogP contribution in [0.15, 0.2) is 12.6 Å². The molecule has 1 aliphatic heterocycles. The predicted octanol–water partition coefficient (Wildman–Crippen LogP) is 3.24. The largest absolute Gasteiger partial charge is 0.454 e. The van der Waals surface area contributed by atoms with Crippen LogP contribution >= 0.6 is 0 Å². The van der Waals surface area contributed by atoms with Crippen molar-refractivity contribution in [2.45, 2.75) is 49.7 Å². The van der Waals surface area contributed by atoms with E-state index in [4.69, 9.17) is 9.47 Å². The van der Waals surface area contributed by atoms with E-state index in [1.165, 1.54) is 11.1 Å². The summed E-state index contributed by atoms with van der Waals surface area (Å²) in [7, 11) is 4.28. The van der Waals surface area contributed by atoms with E-state index in [-0.39, 0.29) is 11.5 Å². The lowest BCUT2D eigenvalue weighted by Crippen LogP contribution is -2.32. The van der Waals surface area contributed by atoms with Crippen LogP contribution in [0, 0.1) is 0 Å². The molecule has 0 aromatic heterocycles. The van der Waals surface area contributed by atoms with Crippen molar-refractivity contribution in [3.05, 3.63) is 29.3 Å². The molecule has 0 amide bonds. The van der Waals surface area contributed by atoms with Gasteiger partial charge < -0.3 is 19.5 Å². The highest BCUT2D eigenvalue weighted by Crippen LogP contribution is 2.60. The molecule has 124 valence electrons. The molecule has 1 spiro atoms. The second-order valence-corrected chi connectivity index (χ2v) is 7.39. The average Bonchev–Trinajstić information content (AvgIpc) is 3.12. The third kappa shape index (κ3) is 2.12. The zero-order valence-electron chi connectivity index (χ0n) is 14.0. The SMILES string of the molecule is C=Cc1cc2c(c3c1C(N(C)C)CC31CCC(O)CC1)OCO2. The number of rotatable bonds is 2. The van der Waals surface area contributed by atoms with Crippen LogP contribution in [0.1, 0.15) is 54.8 Å². The number of hydrogen-bond acceptors (Lipinski definition) is 4. The van der Waals surface area contributed by atoms with E-state index in [0.717, 1.165) is 49.2 Å². The summed E-state index contributed by atoms with van der Waals surface area (Å²) in [6.07, 6.45) is 6.64. The standard InChI is InChI=1S/C19H25NO3/c1-4-12-9-15-18(23-11-22-15)17-16(12)14(20(2)3)10-19(17)7-5-13(21)6-8-19/h4,9,13-14,21H,1,5-8,10-11H2,2-3H3. The van der Waals surface area contributed by atoms with Crippen molar-refractivity contribution in [3.63, 3.8) is 0 Å². The molecular weight excluding hydrogens is 290 g/mol. The lowest BCUT2D eigenvalue weighted by molar-refractivity contribution is 0.0871. The van der Waals surface area contributed by atoms with Crippen LogP contribution < -0.4 is 9.47 Å². The Kier molecular flexibility index (Phi) is 3.43. The maximum Gasteiger partial charge on any atom is 0.231 e. The normalized spacial score (nSPS) is 31.7. The topological polar surface area (TPSA) is 41.9 Å². The number of aliphatic hydroxyl groups excluding tert-OH is 1. The van der Waals surface area contributed by atoms with Gasteiger partial charge in [-0.15, -0.1) is 0 Å². The molecule has 1 aromatic carbocycles. The fourth-order valence-electron chi connectivity index (χ4n) is 4.76. The molecule has 1 atom stereocenters. The monoisotopic (exact) mass is 315 g/mol. The molecule has 3 aliphatic rings. The summed E-state index contributed by atoms with van der Waals surface area (Å²) in [5, 5.41) is 9.99.